The number of anilines is 1. The van der Waals surface area contributed by atoms with Gasteiger partial charge in [0.2, 0.25) is 0 Å². The predicted octanol–water partition coefficient (Wildman–Crippen LogP) is 3.01. The van der Waals surface area contributed by atoms with Gasteiger partial charge in [0.15, 0.2) is 0 Å². The van der Waals surface area contributed by atoms with E-state index >= 15 is 0 Å². The number of rotatable bonds is 4. The van der Waals surface area contributed by atoms with Gasteiger partial charge in [0.1, 0.15) is 0 Å². The molecule has 1 aromatic carbocycles. The molecule has 3 N–H and O–H groups in total. The van der Waals surface area contributed by atoms with Crippen LogP contribution in [0.1, 0.15) is 37.6 Å². The van der Waals surface area contributed by atoms with E-state index in [1.165, 1.54) is 0 Å². The van der Waals surface area contributed by atoms with Gasteiger partial charge in [0, 0.05) is 35.4 Å². The van der Waals surface area contributed by atoms with Crippen molar-refractivity contribution >= 4 is 22.5 Å². The fourth-order valence-electron chi connectivity index (χ4n) is 2.31. The minimum atomic E-state index is 0.0636. The average molecular weight is 259 g/mol. The predicted molar refractivity (Wildman–Crippen MR) is 79.2 cm³/mol. The molecule has 0 fully saturated rings. The van der Waals surface area contributed by atoms with E-state index in [0.717, 1.165) is 23.9 Å². The van der Waals surface area contributed by atoms with Gasteiger partial charge in [-0.2, -0.15) is 0 Å². The molecule has 0 aliphatic rings. The molecule has 0 spiro atoms. The SMILES string of the molecule is CCCN(C(=O)c1c[nH]c2ccc(N)cc12)C(C)C. The highest BCUT2D eigenvalue weighted by Crippen LogP contribution is 2.23. The van der Waals surface area contributed by atoms with E-state index in [-0.39, 0.29) is 11.9 Å². The molecule has 4 nitrogen and oxygen atoms in total. The Bertz CT molecular complexity index is 586. The van der Waals surface area contributed by atoms with Crippen molar-refractivity contribution < 1.29 is 4.79 Å². The first-order valence-electron chi connectivity index (χ1n) is 6.72. The van der Waals surface area contributed by atoms with Crippen LogP contribution in [0.2, 0.25) is 0 Å². The maximum absolute atomic E-state index is 12.6. The first-order chi connectivity index (χ1) is 9.04. The number of H-pyrrole nitrogens is 1. The van der Waals surface area contributed by atoms with E-state index < -0.39 is 0 Å². The van der Waals surface area contributed by atoms with Crippen molar-refractivity contribution in [3.63, 3.8) is 0 Å². The minimum Gasteiger partial charge on any atom is -0.399 e. The third-order valence-corrected chi connectivity index (χ3v) is 3.28. The summed E-state index contributed by atoms with van der Waals surface area (Å²) in [5, 5.41) is 0.895. The molecule has 4 heteroatoms. The lowest BCUT2D eigenvalue weighted by Gasteiger charge is -2.26. The van der Waals surface area contributed by atoms with E-state index in [2.05, 4.69) is 11.9 Å². The number of aromatic amines is 1. The summed E-state index contributed by atoms with van der Waals surface area (Å²) in [7, 11) is 0. The third kappa shape index (κ3) is 2.57. The maximum Gasteiger partial charge on any atom is 0.256 e. The molecule has 1 amide bonds. The van der Waals surface area contributed by atoms with Gasteiger partial charge in [0.05, 0.1) is 5.56 Å². The second-order valence-corrected chi connectivity index (χ2v) is 5.10. The molecule has 0 aliphatic heterocycles. The number of carbonyl (C=O) groups is 1. The first kappa shape index (κ1) is 13.5. The van der Waals surface area contributed by atoms with Gasteiger partial charge in [0.25, 0.3) is 5.91 Å². The lowest BCUT2D eigenvalue weighted by Crippen LogP contribution is -2.37. The Labute approximate surface area is 113 Å². The van der Waals surface area contributed by atoms with Crippen molar-refractivity contribution in [3.05, 3.63) is 30.0 Å². The lowest BCUT2D eigenvalue weighted by molar-refractivity contribution is 0.0708. The van der Waals surface area contributed by atoms with Crippen LogP contribution in [0.25, 0.3) is 10.9 Å². The number of nitrogens with one attached hydrogen (secondary N) is 1. The van der Waals surface area contributed by atoms with Crippen LogP contribution >= 0.6 is 0 Å². The number of aromatic nitrogens is 1. The second-order valence-electron chi connectivity index (χ2n) is 5.10. The van der Waals surface area contributed by atoms with E-state index in [0.29, 0.717) is 11.3 Å². The number of carbonyl (C=O) groups excluding carboxylic acids is 1. The zero-order valence-electron chi connectivity index (χ0n) is 11.7. The number of nitrogens with zero attached hydrogens (tertiary/aromatic N) is 1. The summed E-state index contributed by atoms with van der Waals surface area (Å²) in [6, 6.07) is 5.78. The topological polar surface area (TPSA) is 62.1 Å². The number of amides is 1. The Balaban J connectivity index is 2.42. The highest BCUT2D eigenvalue weighted by molar-refractivity contribution is 6.07. The Morgan fingerprint density at radius 3 is 2.79 bits per heavy atom. The molecular weight excluding hydrogens is 238 g/mol. The fourth-order valence-corrected chi connectivity index (χ4v) is 2.31. The van der Waals surface area contributed by atoms with Crippen LogP contribution in [0.3, 0.4) is 0 Å². The van der Waals surface area contributed by atoms with Crippen LogP contribution in [-0.2, 0) is 0 Å². The number of fused-ring (bicyclic) bond motifs is 1. The molecule has 0 saturated carbocycles. The van der Waals surface area contributed by atoms with Gasteiger partial charge in [-0.1, -0.05) is 6.92 Å². The molecule has 0 radical (unpaired) electrons. The Kier molecular flexibility index (Phi) is 3.79. The second kappa shape index (κ2) is 5.34. The van der Waals surface area contributed by atoms with Gasteiger partial charge in [-0.25, -0.2) is 0 Å². The highest BCUT2D eigenvalue weighted by atomic mass is 16.2. The van der Waals surface area contributed by atoms with Crippen molar-refractivity contribution in [2.24, 2.45) is 0 Å². The molecule has 0 aliphatic carbocycles. The molecule has 1 heterocycles. The third-order valence-electron chi connectivity index (χ3n) is 3.28. The summed E-state index contributed by atoms with van der Waals surface area (Å²) < 4.78 is 0. The monoisotopic (exact) mass is 259 g/mol. The quantitative estimate of drug-likeness (QED) is 0.829. The van der Waals surface area contributed by atoms with Crippen LogP contribution in [-0.4, -0.2) is 28.4 Å². The molecule has 19 heavy (non-hydrogen) atoms. The number of benzene rings is 1. The summed E-state index contributed by atoms with van der Waals surface area (Å²) in [6.07, 6.45) is 2.73. The summed E-state index contributed by atoms with van der Waals surface area (Å²) in [4.78, 5) is 17.7. The fraction of sp³-hybridized carbons (Fsp3) is 0.400. The van der Waals surface area contributed by atoms with Gasteiger partial charge < -0.3 is 15.6 Å². The molecular formula is C15H21N3O. The van der Waals surface area contributed by atoms with Crippen molar-refractivity contribution in [2.75, 3.05) is 12.3 Å². The van der Waals surface area contributed by atoms with Crippen molar-refractivity contribution in [3.8, 4) is 0 Å². The van der Waals surface area contributed by atoms with Crippen LogP contribution < -0.4 is 5.73 Å². The van der Waals surface area contributed by atoms with Gasteiger partial charge >= 0.3 is 0 Å². The number of nitrogens with two attached hydrogens (primary N) is 1. The molecule has 0 bridgehead atoms. The molecule has 2 aromatic rings. The Morgan fingerprint density at radius 1 is 1.42 bits per heavy atom. The average Bonchev–Trinajstić information content (AvgIpc) is 2.77. The minimum absolute atomic E-state index is 0.0636. The first-order valence-corrected chi connectivity index (χ1v) is 6.72. The van der Waals surface area contributed by atoms with E-state index in [4.69, 9.17) is 5.73 Å². The normalized spacial score (nSPS) is 11.2. The largest absolute Gasteiger partial charge is 0.399 e. The van der Waals surface area contributed by atoms with E-state index in [9.17, 15) is 4.79 Å². The molecule has 0 unspecified atom stereocenters. The number of nitrogen functional groups attached to an aromatic ring is 1. The molecule has 2 rings (SSSR count). The van der Waals surface area contributed by atoms with Crippen LogP contribution in [0, 0.1) is 0 Å². The summed E-state index contributed by atoms with van der Waals surface area (Å²) in [6.45, 7) is 6.93. The molecule has 0 saturated heterocycles. The van der Waals surface area contributed by atoms with Crippen molar-refractivity contribution in [1.82, 2.24) is 9.88 Å². The Morgan fingerprint density at radius 2 is 2.16 bits per heavy atom. The zero-order chi connectivity index (χ0) is 14.0. The van der Waals surface area contributed by atoms with Gasteiger partial charge in [-0.3, -0.25) is 4.79 Å². The highest BCUT2D eigenvalue weighted by Gasteiger charge is 2.20. The smallest absolute Gasteiger partial charge is 0.256 e. The van der Waals surface area contributed by atoms with Crippen LogP contribution in [0.4, 0.5) is 5.69 Å². The number of hydrogen-bond donors (Lipinski definition) is 2. The molecule has 102 valence electrons. The summed E-state index contributed by atoms with van der Waals surface area (Å²) in [5.41, 5.74) is 8.12. The standard InChI is InChI=1S/C15H21N3O/c1-4-7-18(10(2)3)15(19)13-9-17-14-6-5-11(16)8-12(13)14/h5-6,8-10,17H,4,7,16H2,1-3H3. The lowest BCUT2D eigenvalue weighted by atomic mass is 10.1. The van der Waals surface area contributed by atoms with Crippen LogP contribution in [0.15, 0.2) is 24.4 Å². The van der Waals surface area contributed by atoms with Crippen molar-refractivity contribution in [2.45, 2.75) is 33.2 Å². The maximum atomic E-state index is 12.6. The molecule has 0 atom stereocenters. The molecule has 1 aromatic heterocycles. The van der Waals surface area contributed by atoms with Gasteiger partial charge in [-0.05, 0) is 38.5 Å². The van der Waals surface area contributed by atoms with Gasteiger partial charge in [-0.15, -0.1) is 0 Å². The number of hydrogen-bond acceptors (Lipinski definition) is 2. The van der Waals surface area contributed by atoms with E-state index in [1.807, 2.05) is 36.9 Å². The van der Waals surface area contributed by atoms with E-state index in [1.54, 1.807) is 6.20 Å². The Hall–Kier alpha value is -1.97. The summed E-state index contributed by atoms with van der Waals surface area (Å²) >= 11 is 0. The zero-order valence-corrected chi connectivity index (χ0v) is 11.7. The van der Waals surface area contributed by atoms with Crippen LogP contribution in [0.5, 0.6) is 0 Å². The summed E-state index contributed by atoms with van der Waals surface area (Å²) in [5.74, 6) is 0.0636. The van der Waals surface area contributed by atoms with Crippen molar-refractivity contribution in [1.29, 1.82) is 0 Å².